The smallest absolute Gasteiger partial charge is 0.409 e. The van der Waals surface area contributed by atoms with Crippen molar-refractivity contribution in [3.05, 3.63) is 29.3 Å². The van der Waals surface area contributed by atoms with Gasteiger partial charge in [-0.2, -0.15) is 0 Å². The molecule has 1 aromatic carbocycles. The Morgan fingerprint density at radius 1 is 1.45 bits per heavy atom. The first-order chi connectivity index (χ1) is 5.20. The third kappa shape index (κ3) is 2.13. The molecule has 1 aromatic rings. The van der Waals surface area contributed by atoms with Gasteiger partial charge in [0.05, 0.1) is 10.7 Å². The molecule has 0 unspecified atom stereocenters. The highest BCUT2D eigenvalue weighted by molar-refractivity contribution is 6.33. The van der Waals surface area contributed by atoms with Gasteiger partial charge in [0.1, 0.15) is 0 Å². The Hall–Kier alpha value is -1.22. The van der Waals surface area contributed by atoms with Gasteiger partial charge in [0.15, 0.2) is 0 Å². The molecule has 0 radical (unpaired) electrons. The van der Waals surface area contributed by atoms with E-state index in [1.165, 1.54) is 0 Å². The summed E-state index contributed by atoms with van der Waals surface area (Å²) in [6.45, 7) is 0. The summed E-state index contributed by atoms with van der Waals surface area (Å²) in [6, 6.07) is 6.65. The quantitative estimate of drug-likeness (QED) is 0.682. The van der Waals surface area contributed by atoms with E-state index in [1.807, 2.05) is 0 Å². The second kappa shape index (κ2) is 3.25. The predicted molar refractivity (Wildman–Crippen MR) is 43.1 cm³/mol. The summed E-state index contributed by atoms with van der Waals surface area (Å²) in [7, 11) is 0. The van der Waals surface area contributed by atoms with Crippen LogP contribution in [-0.4, -0.2) is 11.2 Å². The van der Waals surface area contributed by atoms with Crippen molar-refractivity contribution in [1.82, 2.24) is 0 Å². The normalized spacial score (nSPS) is 9.18. The molecular weight excluding hydrogens is 166 g/mol. The van der Waals surface area contributed by atoms with E-state index in [4.69, 9.17) is 16.7 Å². The zero-order valence-corrected chi connectivity index (χ0v) is 6.30. The van der Waals surface area contributed by atoms with E-state index in [9.17, 15) is 4.79 Å². The van der Waals surface area contributed by atoms with Gasteiger partial charge in [-0.05, 0) is 12.1 Å². The summed E-state index contributed by atoms with van der Waals surface area (Å²) < 4.78 is 0. The first kappa shape index (κ1) is 7.88. The summed E-state index contributed by atoms with van der Waals surface area (Å²) in [5.74, 6) is 0. The number of rotatable bonds is 1. The van der Waals surface area contributed by atoms with E-state index >= 15 is 0 Å². The average Bonchev–Trinajstić information content (AvgIpc) is 1.93. The molecule has 0 heterocycles. The summed E-state index contributed by atoms with van der Waals surface area (Å²) in [5.41, 5.74) is 0.404. The van der Waals surface area contributed by atoms with Crippen molar-refractivity contribution in [2.75, 3.05) is 5.32 Å². The Morgan fingerprint density at radius 3 is 2.64 bits per heavy atom. The van der Waals surface area contributed by atoms with Crippen LogP contribution in [-0.2, 0) is 0 Å². The Bertz CT molecular complexity index is 275. The summed E-state index contributed by atoms with van der Waals surface area (Å²) in [4.78, 5) is 10.2. The Kier molecular flexibility index (Phi) is 2.33. The van der Waals surface area contributed by atoms with Crippen LogP contribution in [0, 0.1) is 0 Å². The second-order valence-corrected chi connectivity index (χ2v) is 2.32. The largest absolute Gasteiger partial charge is 0.465 e. The van der Waals surface area contributed by atoms with Gasteiger partial charge in [-0.25, -0.2) is 4.79 Å². The van der Waals surface area contributed by atoms with E-state index in [2.05, 4.69) is 5.32 Å². The van der Waals surface area contributed by atoms with Crippen molar-refractivity contribution in [2.45, 2.75) is 0 Å². The van der Waals surface area contributed by atoms with Crippen LogP contribution in [0.4, 0.5) is 10.5 Å². The van der Waals surface area contributed by atoms with Crippen molar-refractivity contribution < 1.29 is 9.90 Å². The summed E-state index contributed by atoms with van der Waals surface area (Å²) in [6.07, 6.45) is -1.11. The molecule has 0 aliphatic heterocycles. The highest BCUT2D eigenvalue weighted by atomic mass is 35.5. The number of carboxylic acid groups (broad SMARTS) is 1. The van der Waals surface area contributed by atoms with Gasteiger partial charge in [-0.3, -0.25) is 5.32 Å². The summed E-state index contributed by atoms with van der Waals surface area (Å²) >= 11 is 5.64. The van der Waals surface area contributed by atoms with E-state index in [0.29, 0.717) is 10.7 Å². The van der Waals surface area contributed by atoms with Crippen LogP contribution in [0.2, 0.25) is 5.02 Å². The number of amides is 1. The van der Waals surface area contributed by atoms with Crippen LogP contribution in [0.25, 0.3) is 0 Å². The molecule has 1 rings (SSSR count). The van der Waals surface area contributed by atoms with Crippen molar-refractivity contribution in [3.8, 4) is 0 Å². The maximum absolute atomic E-state index is 10.2. The highest BCUT2D eigenvalue weighted by Crippen LogP contribution is 2.19. The molecule has 0 saturated heterocycles. The molecule has 58 valence electrons. The molecule has 11 heavy (non-hydrogen) atoms. The molecule has 3 nitrogen and oxygen atoms in total. The van der Waals surface area contributed by atoms with Gasteiger partial charge >= 0.3 is 6.09 Å². The minimum absolute atomic E-state index is 0.398. The molecule has 0 atom stereocenters. The molecule has 4 heteroatoms. The predicted octanol–water partition coefficient (Wildman–Crippen LogP) is 2.43. The zero-order chi connectivity index (χ0) is 8.27. The lowest BCUT2D eigenvalue weighted by Crippen LogP contribution is -2.07. The number of halogens is 1. The minimum atomic E-state index is -1.11. The van der Waals surface area contributed by atoms with Crippen LogP contribution in [0.3, 0.4) is 0 Å². The Morgan fingerprint density at radius 2 is 2.09 bits per heavy atom. The second-order valence-electron chi connectivity index (χ2n) is 1.91. The summed E-state index contributed by atoms with van der Waals surface area (Å²) in [5, 5.41) is 10.9. The van der Waals surface area contributed by atoms with Crippen LogP contribution < -0.4 is 5.32 Å². The molecule has 0 saturated carbocycles. The van der Waals surface area contributed by atoms with Gasteiger partial charge in [0, 0.05) is 0 Å². The van der Waals surface area contributed by atoms with Crippen molar-refractivity contribution in [3.63, 3.8) is 0 Å². The van der Waals surface area contributed by atoms with Crippen LogP contribution in [0.15, 0.2) is 24.3 Å². The van der Waals surface area contributed by atoms with E-state index in [1.54, 1.807) is 24.3 Å². The van der Waals surface area contributed by atoms with Crippen LogP contribution in [0.1, 0.15) is 0 Å². The SMILES string of the molecule is O=C(O)Nc1ccccc1Cl. The van der Waals surface area contributed by atoms with Gasteiger partial charge in [-0.15, -0.1) is 0 Å². The molecule has 2 N–H and O–H groups in total. The van der Waals surface area contributed by atoms with E-state index in [0.717, 1.165) is 0 Å². The zero-order valence-electron chi connectivity index (χ0n) is 5.54. The fourth-order valence-corrected chi connectivity index (χ4v) is 0.861. The number of hydrogen-bond acceptors (Lipinski definition) is 1. The number of carbonyl (C=O) groups is 1. The molecule has 0 aromatic heterocycles. The number of para-hydroxylation sites is 1. The van der Waals surface area contributed by atoms with Crippen LogP contribution >= 0.6 is 11.6 Å². The Labute approximate surface area is 68.6 Å². The van der Waals surface area contributed by atoms with Crippen molar-refractivity contribution >= 4 is 23.4 Å². The number of benzene rings is 1. The van der Waals surface area contributed by atoms with Crippen LogP contribution in [0.5, 0.6) is 0 Å². The first-order valence-electron chi connectivity index (χ1n) is 2.94. The molecule has 0 bridgehead atoms. The molecule has 0 aliphatic rings. The monoisotopic (exact) mass is 171 g/mol. The fourth-order valence-electron chi connectivity index (χ4n) is 0.678. The van der Waals surface area contributed by atoms with Gasteiger partial charge < -0.3 is 5.11 Å². The van der Waals surface area contributed by atoms with E-state index in [-0.39, 0.29) is 0 Å². The standard InChI is InChI=1S/C7H6ClNO2/c8-5-3-1-2-4-6(5)9-7(10)11/h1-4,9H,(H,10,11). The Balaban J connectivity index is 2.86. The molecular formula is C7H6ClNO2. The maximum atomic E-state index is 10.2. The molecule has 0 aliphatic carbocycles. The van der Waals surface area contributed by atoms with E-state index < -0.39 is 6.09 Å². The van der Waals surface area contributed by atoms with Gasteiger partial charge in [-0.1, -0.05) is 23.7 Å². The third-order valence-corrected chi connectivity index (χ3v) is 1.45. The van der Waals surface area contributed by atoms with Crippen molar-refractivity contribution in [1.29, 1.82) is 0 Å². The van der Waals surface area contributed by atoms with Gasteiger partial charge in [0.25, 0.3) is 0 Å². The fraction of sp³-hybridized carbons (Fsp3) is 0. The average molecular weight is 172 g/mol. The number of hydrogen-bond donors (Lipinski definition) is 2. The highest BCUT2D eigenvalue weighted by Gasteiger charge is 2.00. The van der Waals surface area contributed by atoms with Crippen molar-refractivity contribution in [2.24, 2.45) is 0 Å². The molecule has 0 fully saturated rings. The molecule has 1 amide bonds. The topological polar surface area (TPSA) is 49.3 Å². The lowest BCUT2D eigenvalue weighted by molar-refractivity contribution is 0.210. The third-order valence-electron chi connectivity index (χ3n) is 1.12. The minimum Gasteiger partial charge on any atom is -0.465 e. The first-order valence-corrected chi connectivity index (χ1v) is 3.32. The lowest BCUT2D eigenvalue weighted by atomic mass is 10.3. The lowest BCUT2D eigenvalue weighted by Gasteiger charge is -2.00. The number of anilines is 1. The number of nitrogens with one attached hydrogen (secondary N) is 1. The maximum Gasteiger partial charge on any atom is 0.409 e. The van der Waals surface area contributed by atoms with Gasteiger partial charge in [0.2, 0.25) is 0 Å². The molecule has 0 spiro atoms.